The van der Waals surface area contributed by atoms with E-state index in [-0.39, 0.29) is 11.6 Å². The Kier molecular flexibility index (Phi) is 4.66. The fraction of sp³-hybridized carbons (Fsp3) is 0. The van der Waals surface area contributed by atoms with Crippen LogP contribution in [-0.4, -0.2) is 15.2 Å². The van der Waals surface area contributed by atoms with E-state index in [1.165, 1.54) is 17.0 Å². The number of hydrogen-bond acceptors (Lipinski definition) is 5. The van der Waals surface area contributed by atoms with E-state index in [9.17, 15) is 14.9 Å². The second kappa shape index (κ2) is 6.72. The van der Waals surface area contributed by atoms with Crippen LogP contribution in [-0.2, 0) is 4.79 Å². The van der Waals surface area contributed by atoms with E-state index < -0.39 is 4.92 Å². The first-order valence-corrected chi connectivity index (χ1v) is 8.34. The number of nitro benzene ring substituents is 1. The summed E-state index contributed by atoms with van der Waals surface area (Å²) >= 11 is 12.2. The van der Waals surface area contributed by atoms with Crippen LogP contribution in [0.3, 0.4) is 0 Å². The van der Waals surface area contributed by atoms with Gasteiger partial charge in [0.25, 0.3) is 11.6 Å². The van der Waals surface area contributed by atoms with Crippen molar-refractivity contribution in [2.75, 3.05) is 4.90 Å². The third-order valence-corrected chi connectivity index (χ3v) is 4.85. The van der Waals surface area contributed by atoms with Crippen molar-refractivity contribution in [2.45, 2.75) is 0 Å². The van der Waals surface area contributed by atoms with Gasteiger partial charge in [0, 0.05) is 11.1 Å². The largest absolute Gasteiger partial charge is 0.276 e. The SMILES string of the molecule is O=C1/C(=C\c2ccccc2[N+](=O)[O-])SC(=S)N1c1ccc(Cl)cc1. The van der Waals surface area contributed by atoms with E-state index in [0.29, 0.717) is 25.5 Å². The fourth-order valence-corrected chi connectivity index (χ4v) is 3.61. The Morgan fingerprint density at radius 2 is 1.83 bits per heavy atom. The third kappa shape index (κ3) is 3.19. The first kappa shape index (κ1) is 16.6. The standard InChI is InChI=1S/C16H9ClN2O3S2/c17-11-5-7-12(8-6-11)18-15(20)14(24-16(18)23)9-10-3-1-2-4-13(10)19(21)22/h1-9H/b14-9+. The molecule has 0 spiro atoms. The van der Waals surface area contributed by atoms with Gasteiger partial charge < -0.3 is 0 Å². The van der Waals surface area contributed by atoms with Gasteiger partial charge in [-0.15, -0.1) is 0 Å². The highest BCUT2D eigenvalue weighted by atomic mass is 35.5. The lowest BCUT2D eigenvalue weighted by molar-refractivity contribution is -0.385. The van der Waals surface area contributed by atoms with Gasteiger partial charge in [-0.05, 0) is 36.4 Å². The summed E-state index contributed by atoms with van der Waals surface area (Å²) in [5.41, 5.74) is 0.904. The summed E-state index contributed by atoms with van der Waals surface area (Å²) in [7, 11) is 0. The maximum atomic E-state index is 12.6. The lowest BCUT2D eigenvalue weighted by atomic mass is 10.1. The van der Waals surface area contributed by atoms with Gasteiger partial charge in [0.05, 0.1) is 21.1 Å². The van der Waals surface area contributed by atoms with Gasteiger partial charge in [0.15, 0.2) is 4.32 Å². The molecule has 0 aromatic heterocycles. The monoisotopic (exact) mass is 376 g/mol. The second-order valence-corrected chi connectivity index (χ2v) is 6.92. The molecule has 0 N–H and O–H groups in total. The molecule has 2 aromatic carbocycles. The van der Waals surface area contributed by atoms with E-state index in [1.807, 2.05) is 0 Å². The molecular formula is C16H9ClN2O3S2. The van der Waals surface area contributed by atoms with Crippen molar-refractivity contribution < 1.29 is 9.72 Å². The van der Waals surface area contributed by atoms with Gasteiger partial charge >= 0.3 is 0 Å². The van der Waals surface area contributed by atoms with E-state index in [2.05, 4.69) is 0 Å². The minimum absolute atomic E-state index is 0.0609. The van der Waals surface area contributed by atoms with Crippen LogP contribution >= 0.6 is 35.6 Å². The highest BCUT2D eigenvalue weighted by Gasteiger charge is 2.33. The van der Waals surface area contributed by atoms with Crippen LogP contribution in [0.1, 0.15) is 5.56 Å². The molecule has 5 nitrogen and oxygen atoms in total. The summed E-state index contributed by atoms with van der Waals surface area (Å²) in [6.45, 7) is 0. The predicted molar refractivity (Wildman–Crippen MR) is 100 cm³/mol. The maximum Gasteiger partial charge on any atom is 0.276 e. The summed E-state index contributed by atoms with van der Waals surface area (Å²) in [6.07, 6.45) is 1.49. The average Bonchev–Trinajstić information content (AvgIpc) is 2.83. The Bertz CT molecular complexity index is 881. The molecule has 2 aromatic rings. The van der Waals surface area contributed by atoms with Gasteiger partial charge in [0.2, 0.25) is 0 Å². The van der Waals surface area contributed by atoms with Crippen molar-refractivity contribution in [3.05, 3.63) is 74.1 Å². The smallest absolute Gasteiger partial charge is 0.268 e. The van der Waals surface area contributed by atoms with Crippen molar-refractivity contribution in [3.63, 3.8) is 0 Å². The molecule has 1 aliphatic rings. The van der Waals surface area contributed by atoms with Crippen molar-refractivity contribution in [1.29, 1.82) is 0 Å². The van der Waals surface area contributed by atoms with Crippen molar-refractivity contribution >= 4 is 63.3 Å². The first-order chi connectivity index (χ1) is 11.5. The van der Waals surface area contributed by atoms with Gasteiger partial charge in [-0.25, -0.2) is 0 Å². The Balaban J connectivity index is 1.97. The molecule has 0 saturated carbocycles. The second-order valence-electron chi connectivity index (χ2n) is 4.81. The fourth-order valence-electron chi connectivity index (χ4n) is 2.20. The average molecular weight is 377 g/mol. The summed E-state index contributed by atoms with van der Waals surface area (Å²) in [5, 5.41) is 11.7. The molecule has 1 saturated heterocycles. The molecule has 24 heavy (non-hydrogen) atoms. The molecule has 1 fully saturated rings. The van der Waals surface area contributed by atoms with Crippen LogP contribution in [0.5, 0.6) is 0 Å². The number of anilines is 1. The van der Waals surface area contributed by atoms with Gasteiger partial charge in [-0.2, -0.15) is 0 Å². The zero-order valence-corrected chi connectivity index (χ0v) is 14.4. The molecule has 120 valence electrons. The van der Waals surface area contributed by atoms with E-state index in [1.54, 1.807) is 42.5 Å². The lowest BCUT2D eigenvalue weighted by Gasteiger charge is -2.14. The highest BCUT2D eigenvalue weighted by Crippen LogP contribution is 2.37. The van der Waals surface area contributed by atoms with Gasteiger partial charge in [-0.1, -0.05) is 47.7 Å². The molecule has 0 atom stereocenters. The van der Waals surface area contributed by atoms with Crippen LogP contribution < -0.4 is 4.90 Å². The van der Waals surface area contributed by atoms with Crippen molar-refractivity contribution in [2.24, 2.45) is 0 Å². The number of carbonyl (C=O) groups is 1. The Labute approximate surface area is 152 Å². The van der Waals surface area contributed by atoms with Crippen LogP contribution in [0, 0.1) is 10.1 Å². The molecule has 8 heteroatoms. The molecule has 0 radical (unpaired) electrons. The number of halogens is 1. The van der Waals surface area contributed by atoms with Crippen molar-refractivity contribution in [3.8, 4) is 0 Å². The van der Waals surface area contributed by atoms with Crippen molar-refractivity contribution in [1.82, 2.24) is 0 Å². The number of carbonyl (C=O) groups excluding carboxylic acids is 1. The number of amides is 1. The zero-order valence-electron chi connectivity index (χ0n) is 12.0. The molecule has 1 aliphatic heterocycles. The minimum Gasteiger partial charge on any atom is -0.268 e. The number of para-hydroxylation sites is 1. The van der Waals surface area contributed by atoms with E-state index >= 15 is 0 Å². The molecule has 1 heterocycles. The van der Waals surface area contributed by atoms with E-state index in [4.69, 9.17) is 23.8 Å². The Hall–Kier alpha value is -2.22. The number of benzene rings is 2. The number of hydrogen-bond donors (Lipinski definition) is 0. The Morgan fingerprint density at radius 3 is 2.50 bits per heavy atom. The summed E-state index contributed by atoms with van der Waals surface area (Å²) in [5.74, 6) is -0.314. The molecule has 0 bridgehead atoms. The molecule has 3 rings (SSSR count). The highest BCUT2D eigenvalue weighted by molar-refractivity contribution is 8.27. The summed E-state index contributed by atoms with van der Waals surface area (Å²) in [4.78, 5) is 25.0. The topological polar surface area (TPSA) is 63.4 Å². The van der Waals surface area contributed by atoms with Crippen LogP contribution in [0.2, 0.25) is 5.02 Å². The van der Waals surface area contributed by atoms with Gasteiger partial charge in [-0.3, -0.25) is 19.8 Å². The Morgan fingerprint density at radius 1 is 1.17 bits per heavy atom. The quantitative estimate of drug-likeness (QED) is 0.337. The number of thioether (sulfide) groups is 1. The van der Waals surface area contributed by atoms with Gasteiger partial charge in [0.1, 0.15) is 0 Å². The normalized spacial score (nSPS) is 16.0. The van der Waals surface area contributed by atoms with E-state index in [0.717, 1.165) is 11.8 Å². The first-order valence-electron chi connectivity index (χ1n) is 6.74. The lowest BCUT2D eigenvalue weighted by Crippen LogP contribution is -2.27. The van der Waals surface area contributed by atoms with Crippen LogP contribution in [0.25, 0.3) is 6.08 Å². The predicted octanol–water partition coefficient (Wildman–Crippen LogP) is 4.65. The summed E-state index contributed by atoms with van der Waals surface area (Å²) < 4.78 is 0.368. The van der Waals surface area contributed by atoms with Crippen LogP contribution in [0.4, 0.5) is 11.4 Å². The van der Waals surface area contributed by atoms with Crippen LogP contribution in [0.15, 0.2) is 53.4 Å². The minimum atomic E-state index is -0.480. The molecule has 1 amide bonds. The maximum absolute atomic E-state index is 12.6. The number of rotatable bonds is 3. The summed E-state index contributed by atoms with van der Waals surface area (Å²) in [6, 6.07) is 13.0. The molecule has 0 aliphatic carbocycles. The zero-order chi connectivity index (χ0) is 17.3. The number of nitrogens with zero attached hydrogens (tertiary/aromatic N) is 2. The number of thiocarbonyl (C=S) groups is 1. The molecule has 0 unspecified atom stereocenters. The third-order valence-electron chi connectivity index (χ3n) is 3.30. The number of nitro groups is 1. The molecular weight excluding hydrogens is 368 g/mol.